The molecule has 0 bridgehead atoms. The number of nitrogens with zero attached hydrogens (tertiary/aromatic N) is 2. The van der Waals surface area contributed by atoms with Crippen LogP contribution in [0.1, 0.15) is 11.5 Å². The number of benzene rings is 2. The zero-order valence-corrected chi connectivity index (χ0v) is 13.9. The Morgan fingerprint density at radius 3 is 2.58 bits per heavy atom. The first-order valence-corrected chi connectivity index (χ1v) is 8.38. The van der Waals surface area contributed by atoms with Crippen molar-refractivity contribution in [3.63, 3.8) is 0 Å². The van der Waals surface area contributed by atoms with Gasteiger partial charge in [-0.15, -0.1) is 0 Å². The summed E-state index contributed by atoms with van der Waals surface area (Å²) in [6.07, 6.45) is 0.787. The van der Waals surface area contributed by atoms with Gasteiger partial charge in [0, 0.05) is 12.0 Å². The van der Waals surface area contributed by atoms with E-state index >= 15 is 0 Å². The second kappa shape index (κ2) is 7.21. The van der Waals surface area contributed by atoms with E-state index in [1.807, 2.05) is 12.1 Å². The summed E-state index contributed by atoms with van der Waals surface area (Å²) in [7, 11) is 0. The number of halogens is 2. The quantitative estimate of drug-likeness (QED) is 0.733. The van der Waals surface area contributed by atoms with Crippen LogP contribution in [0.3, 0.4) is 0 Å². The Kier molecular flexibility index (Phi) is 4.62. The molecule has 5 nitrogen and oxygen atoms in total. The first-order valence-electron chi connectivity index (χ1n) is 8.38. The Morgan fingerprint density at radius 2 is 1.88 bits per heavy atom. The topological polar surface area (TPSA) is 60.2 Å². The lowest BCUT2D eigenvalue weighted by atomic mass is 10.00. The number of aromatic nitrogens is 2. The SMILES string of the molecule is Fc1ccc(COc2ccc(-c3noc(CC4CNC4)n3)cc2)cc1F. The fourth-order valence-electron chi connectivity index (χ4n) is 2.69. The monoisotopic (exact) mass is 357 g/mol. The second-order valence-corrected chi connectivity index (χ2v) is 6.30. The molecular weight excluding hydrogens is 340 g/mol. The highest BCUT2D eigenvalue weighted by Gasteiger charge is 2.20. The lowest BCUT2D eigenvalue weighted by Gasteiger charge is -2.25. The minimum Gasteiger partial charge on any atom is -0.489 e. The van der Waals surface area contributed by atoms with Gasteiger partial charge in [-0.05, 0) is 61.0 Å². The molecule has 2 heterocycles. The van der Waals surface area contributed by atoms with E-state index in [0.29, 0.717) is 28.9 Å². The summed E-state index contributed by atoms with van der Waals surface area (Å²) in [5, 5.41) is 7.23. The molecule has 1 aliphatic heterocycles. The predicted molar refractivity (Wildman–Crippen MR) is 90.5 cm³/mol. The fraction of sp³-hybridized carbons (Fsp3) is 0.263. The van der Waals surface area contributed by atoms with E-state index in [1.54, 1.807) is 12.1 Å². The zero-order valence-electron chi connectivity index (χ0n) is 13.9. The Balaban J connectivity index is 1.37. The normalized spacial score (nSPS) is 14.2. The van der Waals surface area contributed by atoms with Crippen LogP contribution in [-0.4, -0.2) is 23.2 Å². The highest BCUT2D eigenvalue weighted by atomic mass is 19.2. The molecule has 1 aliphatic rings. The molecule has 4 rings (SSSR count). The maximum Gasteiger partial charge on any atom is 0.227 e. The average Bonchev–Trinajstić information content (AvgIpc) is 3.08. The highest BCUT2D eigenvalue weighted by molar-refractivity contribution is 5.55. The van der Waals surface area contributed by atoms with E-state index in [1.165, 1.54) is 6.07 Å². The first-order chi connectivity index (χ1) is 12.7. The van der Waals surface area contributed by atoms with Gasteiger partial charge in [-0.2, -0.15) is 4.98 Å². The lowest BCUT2D eigenvalue weighted by molar-refractivity contribution is 0.296. The summed E-state index contributed by atoms with van der Waals surface area (Å²) in [4.78, 5) is 4.42. The molecule has 3 aromatic rings. The second-order valence-electron chi connectivity index (χ2n) is 6.30. The van der Waals surface area contributed by atoms with Gasteiger partial charge in [0.15, 0.2) is 11.6 Å². The molecule has 2 aromatic carbocycles. The Labute approximate surface area is 149 Å². The summed E-state index contributed by atoms with van der Waals surface area (Å²) in [5.41, 5.74) is 1.38. The predicted octanol–water partition coefficient (Wildman–Crippen LogP) is 3.36. The number of ether oxygens (including phenoxy) is 1. The van der Waals surface area contributed by atoms with Crippen LogP contribution >= 0.6 is 0 Å². The van der Waals surface area contributed by atoms with Gasteiger partial charge in [-0.25, -0.2) is 8.78 Å². The molecule has 0 saturated carbocycles. The van der Waals surface area contributed by atoms with Crippen molar-refractivity contribution in [1.82, 2.24) is 15.5 Å². The van der Waals surface area contributed by atoms with Gasteiger partial charge in [0.1, 0.15) is 12.4 Å². The van der Waals surface area contributed by atoms with E-state index in [2.05, 4.69) is 15.5 Å². The van der Waals surface area contributed by atoms with Gasteiger partial charge in [-0.1, -0.05) is 11.2 Å². The van der Waals surface area contributed by atoms with Crippen molar-refractivity contribution in [2.45, 2.75) is 13.0 Å². The van der Waals surface area contributed by atoms with E-state index in [0.717, 1.165) is 37.2 Å². The summed E-state index contributed by atoms with van der Waals surface area (Å²) in [5.74, 6) is 0.612. The van der Waals surface area contributed by atoms with Crippen LogP contribution in [0.25, 0.3) is 11.4 Å². The van der Waals surface area contributed by atoms with Crippen molar-refractivity contribution in [1.29, 1.82) is 0 Å². The van der Waals surface area contributed by atoms with E-state index in [-0.39, 0.29) is 6.61 Å². The van der Waals surface area contributed by atoms with E-state index < -0.39 is 11.6 Å². The molecule has 1 saturated heterocycles. The summed E-state index contributed by atoms with van der Waals surface area (Å²) >= 11 is 0. The van der Waals surface area contributed by atoms with Crippen LogP contribution in [0.5, 0.6) is 5.75 Å². The largest absolute Gasteiger partial charge is 0.489 e. The molecule has 0 atom stereocenters. The Bertz CT molecular complexity index is 892. The molecule has 0 aliphatic carbocycles. The number of nitrogens with one attached hydrogen (secondary N) is 1. The van der Waals surface area contributed by atoms with Crippen molar-refractivity contribution in [3.8, 4) is 17.1 Å². The highest BCUT2D eigenvalue weighted by Crippen LogP contribution is 2.22. The minimum atomic E-state index is -0.882. The van der Waals surface area contributed by atoms with Crippen molar-refractivity contribution in [2.24, 2.45) is 5.92 Å². The van der Waals surface area contributed by atoms with Crippen LogP contribution < -0.4 is 10.1 Å². The molecule has 0 unspecified atom stereocenters. The molecule has 26 heavy (non-hydrogen) atoms. The van der Waals surface area contributed by atoms with E-state index in [4.69, 9.17) is 9.26 Å². The van der Waals surface area contributed by atoms with Crippen molar-refractivity contribution >= 4 is 0 Å². The Morgan fingerprint density at radius 1 is 1.08 bits per heavy atom. The summed E-state index contributed by atoms with van der Waals surface area (Å²) in [6.45, 7) is 2.13. The fourth-order valence-corrected chi connectivity index (χ4v) is 2.69. The maximum atomic E-state index is 13.2. The standard InChI is InChI=1S/C19H17F2N3O2/c20-16-6-1-12(7-17(16)21)11-25-15-4-2-14(3-5-15)19-23-18(26-24-19)8-13-9-22-10-13/h1-7,13,22H,8-11H2. The number of rotatable bonds is 6. The third-order valence-corrected chi connectivity index (χ3v) is 4.30. The molecular formula is C19H17F2N3O2. The minimum absolute atomic E-state index is 0.151. The number of hydrogen-bond donors (Lipinski definition) is 1. The van der Waals surface area contributed by atoms with Crippen molar-refractivity contribution in [2.75, 3.05) is 13.1 Å². The van der Waals surface area contributed by atoms with E-state index in [9.17, 15) is 8.78 Å². The van der Waals surface area contributed by atoms with Gasteiger partial charge >= 0.3 is 0 Å². The number of hydrogen-bond acceptors (Lipinski definition) is 5. The summed E-state index contributed by atoms with van der Waals surface area (Å²) in [6, 6.07) is 10.9. The maximum absolute atomic E-state index is 13.2. The van der Waals surface area contributed by atoms with Crippen molar-refractivity contribution in [3.05, 3.63) is 65.6 Å². The molecule has 1 aromatic heterocycles. The van der Waals surface area contributed by atoms with Crippen LogP contribution in [0.2, 0.25) is 0 Å². The van der Waals surface area contributed by atoms with Gasteiger partial charge in [0.2, 0.25) is 11.7 Å². The van der Waals surface area contributed by atoms with Crippen LogP contribution in [0.15, 0.2) is 47.0 Å². The van der Waals surface area contributed by atoms with Gasteiger partial charge in [-0.3, -0.25) is 0 Å². The third kappa shape index (κ3) is 3.72. The zero-order chi connectivity index (χ0) is 17.9. The van der Waals surface area contributed by atoms with Crippen LogP contribution in [0.4, 0.5) is 8.78 Å². The van der Waals surface area contributed by atoms with Gasteiger partial charge < -0.3 is 14.6 Å². The summed E-state index contributed by atoms with van der Waals surface area (Å²) < 4.78 is 37.0. The lowest BCUT2D eigenvalue weighted by Crippen LogP contribution is -2.43. The van der Waals surface area contributed by atoms with Crippen molar-refractivity contribution < 1.29 is 18.0 Å². The molecule has 0 amide bonds. The first kappa shape index (κ1) is 16.7. The third-order valence-electron chi connectivity index (χ3n) is 4.30. The van der Waals surface area contributed by atoms with Gasteiger partial charge in [0.05, 0.1) is 0 Å². The molecule has 134 valence electrons. The molecule has 0 spiro atoms. The van der Waals surface area contributed by atoms with Crippen LogP contribution in [0, 0.1) is 17.6 Å². The molecule has 7 heteroatoms. The van der Waals surface area contributed by atoms with Gasteiger partial charge in [0.25, 0.3) is 0 Å². The molecule has 0 radical (unpaired) electrons. The van der Waals surface area contributed by atoms with Crippen LogP contribution in [-0.2, 0) is 13.0 Å². The smallest absolute Gasteiger partial charge is 0.227 e. The molecule has 1 fully saturated rings. The molecule has 1 N–H and O–H groups in total. The Hall–Kier alpha value is -2.80. The average molecular weight is 357 g/mol.